The predicted octanol–water partition coefficient (Wildman–Crippen LogP) is 3.93. The smallest absolute Gasteiger partial charge is 0.335 e. The number of amidine groups is 1. The molecule has 154 valence electrons. The molecular formula is C23H19N5O3. The fourth-order valence-electron chi connectivity index (χ4n) is 3.10. The second kappa shape index (κ2) is 8.50. The molecule has 0 radical (unpaired) electrons. The summed E-state index contributed by atoms with van der Waals surface area (Å²) >= 11 is 0. The average molecular weight is 413 g/mol. The molecule has 0 saturated carbocycles. The van der Waals surface area contributed by atoms with Gasteiger partial charge in [0.1, 0.15) is 18.2 Å². The zero-order chi connectivity index (χ0) is 21.8. The number of hydrogen-bond acceptors (Lipinski definition) is 6. The standard InChI is InChI=1S/C23H19N5O3/c24-21(25)17-7-6-15-8-9-19(31-13-14-2-4-16(5-3-14)22(29)30)20(18(15)12-17)28-23-26-10-1-11-27-23/h1-12H,13H2,(H3,24,25)(H,29,30)(H,26,27,28). The lowest BCUT2D eigenvalue weighted by Gasteiger charge is -2.16. The number of aromatic nitrogens is 2. The lowest BCUT2D eigenvalue weighted by Crippen LogP contribution is -2.11. The van der Waals surface area contributed by atoms with Gasteiger partial charge < -0.3 is 20.9 Å². The summed E-state index contributed by atoms with van der Waals surface area (Å²) in [6.07, 6.45) is 3.26. The van der Waals surface area contributed by atoms with E-state index < -0.39 is 5.97 Å². The summed E-state index contributed by atoms with van der Waals surface area (Å²) in [4.78, 5) is 19.5. The molecular weight excluding hydrogens is 394 g/mol. The molecule has 0 bridgehead atoms. The maximum absolute atomic E-state index is 11.0. The zero-order valence-electron chi connectivity index (χ0n) is 16.4. The molecule has 0 unspecified atom stereocenters. The Labute approximate surface area is 177 Å². The number of hydrogen-bond donors (Lipinski definition) is 4. The van der Waals surface area contributed by atoms with Gasteiger partial charge in [-0.15, -0.1) is 0 Å². The van der Waals surface area contributed by atoms with Crippen molar-refractivity contribution in [2.24, 2.45) is 5.73 Å². The second-order valence-corrected chi connectivity index (χ2v) is 6.78. The van der Waals surface area contributed by atoms with Gasteiger partial charge in [0.15, 0.2) is 0 Å². The highest BCUT2D eigenvalue weighted by molar-refractivity contribution is 6.04. The molecule has 8 heteroatoms. The number of nitrogen functional groups attached to an aromatic ring is 1. The van der Waals surface area contributed by atoms with Crippen LogP contribution in [0.1, 0.15) is 21.5 Å². The highest BCUT2D eigenvalue weighted by Gasteiger charge is 2.13. The molecule has 31 heavy (non-hydrogen) atoms. The Morgan fingerprint density at radius 3 is 2.39 bits per heavy atom. The lowest BCUT2D eigenvalue weighted by atomic mass is 10.0. The first-order chi connectivity index (χ1) is 15.0. The minimum Gasteiger partial charge on any atom is -0.487 e. The number of benzene rings is 3. The lowest BCUT2D eigenvalue weighted by molar-refractivity contribution is 0.0697. The number of rotatable bonds is 7. The van der Waals surface area contributed by atoms with Crippen LogP contribution in [0, 0.1) is 5.41 Å². The number of anilines is 2. The van der Waals surface area contributed by atoms with Crippen molar-refractivity contribution in [2.45, 2.75) is 6.61 Å². The normalized spacial score (nSPS) is 10.6. The van der Waals surface area contributed by atoms with Gasteiger partial charge >= 0.3 is 5.97 Å². The summed E-state index contributed by atoms with van der Waals surface area (Å²) in [6, 6.07) is 17.5. The van der Waals surface area contributed by atoms with Crippen LogP contribution in [-0.4, -0.2) is 26.9 Å². The van der Waals surface area contributed by atoms with Crippen molar-refractivity contribution in [3.63, 3.8) is 0 Å². The quantitative estimate of drug-likeness (QED) is 0.266. The maximum atomic E-state index is 11.0. The number of carboxylic acids is 1. The topological polar surface area (TPSA) is 134 Å². The van der Waals surface area contributed by atoms with Crippen molar-refractivity contribution in [1.29, 1.82) is 5.41 Å². The van der Waals surface area contributed by atoms with Crippen molar-refractivity contribution in [1.82, 2.24) is 9.97 Å². The molecule has 0 aliphatic carbocycles. The maximum Gasteiger partial charge on any atom is 0.335 e. The molecule has 0 spiro atoms. The molecule has 1 aromatic heterocycles. The molecule has 0 fully saturated rings. The molecule has 0 amide bonds. The van der Waals surface area contributed by atoms with Crippen molar-refractivity contribution < 1.29 is 14.6 Å². The Bertz CT molecular complexity index is 1260. The average Bonchev–Trinajstić information content (AvgIpc) is 2.79. The van der Waals surface area contributed by atoms with E-state index >= 15 is 0 Å². The van der Waals surface area contributed by atoms with Crippen LogP contribution >= 0.6 is 0 Å². The first-order valence-electron chi connectivity index (χ1n) is 9.41. The van der Waals surface area contributed by atoms with E-state index in [0.29, 0.717) is 22.9 Å². The Kier molecular flexibility index (Phi) is 5.44. The van der Waals surface area contributed by atoms with Crippen LogP contribution in [0.3, 0.4) is 0 Å². The predicted molar refractivity (Wildman–Crippen MR) is 118 cm³/mol. The van der Waals surface area contributed by atoms with Crippen LogP contribution in [0.5, 0.6) is 5.75 Å². The first-order valence-corrected chi connectivity index (χ1v) is 9.41. The monoisotopic (exact) mass is 413 g/mol. The number of carboxylic acid groups (broad SMARTS) is 1. The number of fused-ring (bicyclic) bond motifs is 1. The Morgan fingerprint density at radius 1 is 1.03 bits per heavy atom. The summed E-state index contributed by atoms with van der Waals surface area (Å²) in [6.45, 7) is 0.238. The molecule has 0 saturated heterocycles. The molecule has 5 N–H and O–H groups in total. The number of nitrogens with zero attached hydrogens (tertiary/aromatic N) is 2. The third kappa shape index (κ3) is 4.43. The molecule has 4 rings (SSSR count). The number of ether oxygens (including phenoxy) is 1. The third-order valence-corrected chi connectivity index (χ3v) is 4.69. The fraction of sp³-hybridized carbons (Fsp3) is 0.0435. The third-order valence-electron chi connectivity index (χ3n) is 4.69. The second-order valence-electron chi connectivity index (χ2n) is 6.78. The van der Waals surface area contributed by atoms with Crippen molar-refractivity contribution in [2.75, 3.05) is 5.32 Å². The van der Waals surface area contributed by atoms with Gasteiger partial charge in [-0.05, 0) is 41.3 Å². The van der Waals surface area contributed by atoms with Crippen molar-refractivity contribution in [3.8, 4) is 5.75 Å². The molecule has 0 aliphatic rings. The van der Waals surface area contributed by atoms with E-state index in [1.807, 2.05) is 24.3 Å². The highest BCUT2D eigenvalue weighted by Crippen LogP contribution is 2.36. The first kappa shape index (κ1) is 19.8. The van der Waals surface area contributed by atoms with E-state index in [1.54, 1.807) is 36.7 Å². The zero-order valence-corrected chi connectivity index (χ0v) is 16.4. The summed E-state index contributed by atoms with van der Waals surface area (Å²) in [7, 11) is 0. The van der Waals surface area contributed by atoms with Crippen LogP contribution in [0.4, 0.5) is 11.6 Å². The highest BCUT2D eigenvalue weighted by atomic mass is 16.5. The van der Waals surface area contributed by atoms with Crippen LogP contribution in [-0.2, 0) is 6.61 Å². The molecule has 1 heterocycles. The summed E-state index contributed by atoms with van der Waals surface area (Å²) < 4.78 is 6.05. The van der Waals surface area contributed by atoms with Crippen molar-refractivity contribution >= 4 is 34.2 Å². The van der Waals surface area contributed by atoms with Crippen molar-refractivity contribution in [3.05, 3.63) is 89.7 Å². The molecule has 4 aromatic rings. The summed E-state index contributed by atoms with van der Waals surface area (Å²) in [5, 5.41) is 21.7. The van der Waals surface area contributed by atoms with E-state index in [1.165, 1.54) is 12.1 Å². The van der Waals surface area contributed by atoms with Gasteiger partial charge in [0, 0.05) is 23.3 Å². The van der Waals surface area contributed by atoms with E-state index in [9.17, 15) is 4.79 Å². The minimum absolute atomic E-state index is 0.0337. The van der Waals surface area contributed by atoms with Gasteiger partial charge in [-0.3, -0.25) is 5.41 Å². The SMILES string of the molecule is N=C(N)c1ccc2ccc(OCc3ccc(C(=O)O)cc3)c(Nc3ncccn3)c2c1. The molecule has 3 aromatic carbocycles. The number of nitrogens with two attached hydrogens (primary N) is 1. The van der Waals surface area contributed by atoms with Gasteiger partial charge in [-0.25, -0.2) is 14.8 Å². The van der Waals surface area contributed by atoms with Gasteiger partial charge in [0.2, 0.25) is 5.95 Å². The van der Waals surface area contributed by atoms with E-state index in [0.717, 1.165) is 16.3 Å². The fourth-order valence-corrected chi connectivity index (χ4v) is 3.10. The van der Waals surface area contributed by atoms with E-state index in [2.05, 4.69) is 15.3 Å². The van der Waals surface area contributed by atoms with E-state index in [4.69, 9.17) is 21.0 Å². The van der Waals surface area contributed by atoms with Gasteiger partial charge in [-0.2, -0.15) is 0 Å². The molecule has 0 aliphatic heterocycles. The Hall–Kier alpha value is -4.46. The molecule has 8 nitrogen and oxygen atoms in total. The number of carbonyl (C=O) groups is 1. The van der Waals surface area contributed by atoms with E-state index in [-0.39, 0.29) is 18.0 Å². The Balaban J connectivity index is 1.71. The van der Waals surface area contributed by atoms with Crippen LogP contribution in [0.15, 0.2) is 73.1 Å². The summed E-state index contributed by atoms with van der Waals surface area (Å²) in [5.41, 5.74) is 7.96. The van der Waals surface area contributed by atoms with Gasteiger partial charge in [0.25, 0.3) is 0 Å². The Morgan fingerprint density at radius 2 is 1.71 bits per heavy atom. The largest absolute Gasteiger partial charge is 0.487 e. The van der Waals surface area contributed by atoms with Crippen LogP contribution < -0.4 is 15.8 Å². The number of nitrogens with one attached hydrogen (secondary N) is 2. The van der Waals surface area contributed by atoms with Crippen LogP contribution in [0.2, 0.25) is 0 Å². The summed E-state index contributed by atoms with van der Waals surface area (Å²) in [5.74, 6) is -0.0480. The minimum atomic E-state index is -0.974. The van der Waals surface area contributed by atoms with Gasteiger partial charge in [0.05, 0.1) is 11.3 Å². The molecule has 0 atom stereocenters. The number of aromatic carboxylic acids is 1. The van der Waals surface area contributed by atoms with Crippen LogP contribution in [0.25, 0.3) is 10.8 Å². The van der Waals surface area contributed by atoms with Gasteiger partial charge in [-0.1, -0.05) is 30.3 Å².